The average molecular weight is 1270 g/mol. The van der Waals surface area contributed by atoms with Crippen molar-refractivity contribution in [2.75, 3.05) is 34.4 Å². The summed E-state index contributed by atoms with van der Waals surface area (Å²) in [6.45, 7) is 4.52. The second-order valence-corrected chi connectivity index (χ2v) is 24.3. The third kappa shape index (κ3) is 24.6. The van der Waals surface area contributed by atoms with Gasteiger partial charge in [-0.25, -0.2) is 35.9 Å². The number of carbonyl (C=O) groups excluding carboxylic acids is 4. The Balaban J connectivity index is 0.000000217. The van der Waals surface area contributed by atoms with E-state index in [1.54, 1.807) is 79.7 Å². The molecule has 0 atom stereocenters. The predicted molar refractivity (Wildman–Crippen MR) is 336 cm³/mol. The summed E-state index contributed by atoms with van der Waals surface area (Å²) >= 11 is 0. The minimum absolute atomic E-state index is 0.0448. The molecule has 4 amide bonds. The van der Waals surface area contributed by atoms with Crippen LogP contribution in [-0.2, 0) is 62.2 Å². The van der Waals surface area contributed by atoms with Gasteiger partial charge in [-0.2, -0.15) is 13.7 Å². The lowest BCUT2D eigenvalue weighted by Gasteiger charge is -2.08. The number of aryl methyl sites for hydroxylation is 5. The van der Waals surface area contributed by atoms with Gasteiger partial charge in [0.05, 0.1) is 50.5 Å². The van der Waals surface area contributed by atoms with Crippen molar-refractivity contribution in [3.05, 3.63) is 245 Å². The van der Waals surface area contributed by atoms with E-state index < -0.39 is 60.5 Å². The quantitative estimate of drug-likeness (QED) is 0.0303. The van der Waals surface area contributed by atoms with Gasteiger partial charge in [0.2, 0.25) is 43.7 Å². The first-order valence-electron chi connectivity index (χ1n) is 26.8. The third-order valence-corrected chi connectivity index (χ3v) is 16.1. The zero-order chi connectivity index (χ0) is 65.2. The van der Waals surface area contributed by atoms with Crippen LogP contribution in [-0.4, -0.2) is 88.7 Å². The zero-order valence-electron chi connectivity index (χ0n) is 48.2. The Hall–Kier alpha value is -10.2. The van der Waals surface area contributed by atoms with Gasteiger partial charge in [-0.3, -0.25) is 23.7 Å². The number of nitrogens with one attached hydrogen (secondary N) is 6. The number of carbonyl (C=O) groups is 6. The molecule has 0 saturated carbocycles. The van der Waals surface area contributed by atoms with Crippen LogP contribution in [0.25, 0.3) is 0 Å². The number of rotatable bonds is 21. The van der Waals surface area contributed by atoms with Crippen molar-refractivity contribution in [1.29, 1.82) is 5.26 Å². The first-order valence-corrected chi connectivity index (χ1v) is 31.2. The van der Waals surface area contributed by atoms with Gasteiger partial charge >= 0.3 is 11.9 Å². The van der Waals surface area contributed by atoms with Crippen LogP contribution in [0.5, 0.6) is 0 Å². The minimum atomic E-state index is -4.32. The molecule has 89 heavy (non-hydrogen) atoms. The summed E-state index contributed by atoms with van der Waals surface area (Å²) in [5.41, 5.74) is 7.61. The monoisotopic (exact) mass is 1270 g/mol. The minimum Gasteiger partial charge on any atom is -0.478 e. The smallest absolute Gasteiger partial charge is 0.335 e. The van der Waals surface area contributed by atoms with Gasteiger partial charge in [-0.15, -0.1) is 0 Å². The Labute approximate surface area is 515 Å². The van der Waals surface area contributed by atoms with Crippen LogP contribution in [0.2, 0.25) is 0 Å². The van der Waals surface area contributed by atoms with Crippen LogP contribution in [0.1, 0.15) is 66.9 Å². The molecule has 8 aromatic rings. The van der Waals surface area contributed by atoms with E-state index in [1.807, 2.05) is 80.6 Å². The number of nitrogens with zero attached hydrogens (tertiary/aromatic N) is 1. The highest BCUT2D eigenvalue weighted by Gasteiger charge is 2.18. The van der Waals surface area contributed by atoms with E-state index in [0.717, 1.165) is 34.4 Å². The lowest BCUT2D eigenvalue weighted by molar-refractivity contribution is -0.117. The van der Waals surface area contributed by atoms with Gasteiger partial charge in [-0.05, 0) is 166 Å². The SMILES string of the molecule is Cc1cc(NC(=O)CCc2ccccc2)ccc1C(=O)O.Cc1ccc(S(=O)(=O)NCC(=O)Nc2ccc(C#N)cc2)cc1.Cc1ccc(S(=O)(=O)NCC(=O)Nc2ccc(S(=O)(=O)O)cc2)cc1.O=C(CCc1ccccc1)Nc1ccc(C(=O)O)cc1. The average Bonchev–Trinajstić information content (AvgIpc) is 3.50. The summed E-state index contributed by atoms with van der Waals surface area (Å²) in [4.78, 5) is 68.8. The van der Waals surface area contributed by atoms with E-state index in [1.165, 1.54) is 54.6 Å². The van der Waals surface area contributed by atoms with Gasteiger partial charge in [-0.1, -0.05) is 96.1 Å². The molecule has 0 aliphatic rings. The molecule has 0 aliphatic carbocycles. The third-order valence-electron chi connectivity index (χ3n) is 12.4. The number of carboxylic acids is 2. The zero-order valence-corrected chi connectivity index (χ0v) is 50.7. The Bertz CT molecular complexity index is 4120. The molecule has 0 aromatic heterocycles. The van der Waals surface area contributed by atoms with Crippen LogP contribution < -0.4 is 30.7 Å². The lowest BCUT2D eigenvalue weighted by Crippen LogP contribution is -2.32. The van der Waals surface area contributed by atoms with Crippen LogP contribution in [0, 0.1) is 32.1 Å². The number of aromatic carboxylic acids is 2. The molecule has 0 fully saturated rings. The highest BCUT2D eigenvalue weighted by atomic mass is 32.2. The fourth-order valence-electron chi connectivity index (χ4n) is 7.60. The van der Waals surface area contributed by atoms with E-state index in [9.17, 15) is 54.0 Å². The first kappa shape index (κ1) is 69.6. The van der Waals surface area contributed by atoms with E-state index in [0.29, 0.717) is 53.9 Å². The number of hydrogen-bond acceptors (Lipinski definition) is 13. The van der Waals surface area contributed by atoms with Crippen molar-refractivity contribution in [2.24, 2.45) is 0 Å². The van der Waals surface area contributed by atoms with Crippen LogP contribution in [0.4, 0.5) is 22.7 Å². The second-order valence-electron chi connectivity index (χ2n) is 19.3. The normalized spacial score (nSPS) is 10.8. The molecule has 22 nitrogen and oxygen atoms in total. The number of sulfonamides is 2. The Morgan fingerprint density at radius 1 is 0.427 bits per heavy atom. The van der Waals surface area contributed by atoms with Gasteiger partial charge in [0.25, 0.3) is 10.1 Å². The number of anilines is 4. The van der Waals surface area contributed by atoms with E-state index >= 15 is 0 Å². The first-order chi connectivity index (χ1) is 42.2. The van der Waals surface area contributed by atoms with E-state index in [-0.39, 0.29) is 49.9 Å². The number of nitriles is 1. The summed E-state index contributed by atoms with van der Waals surface area (Å²) in [6, 6.07) is 56.0. The summed E-state index contributed by atoms with van der Waals surface area (Å²) in [5.74, 6) is -3.24. The Morgan fingerprint density at radius 3 is 1.16 bits per heavy atom. The van der Waals surface area contributed by atoms with E-state index in [4.69, 9.17) is 20.0 Å². The maximum Gasteiger partial charge on any atom is 0.335 e. The molecule has 0 heterocycles. The van der Waals surface area contributed by atoms with Crippen molar-refractivity contribution in [3.8, 4) is 6.07 Å². The Kier molecular flexibility index (Phi) is 26.3. The van der Waals surface area contributed by atoms with Crippen LogP contribution in [0.15, 0.2) is 215 Å². The van der Waals surface area contributed by atoms with Crippen LogP contribution in [0.3, 0.4) is 0 Å². The summed E-state index contributed by atoms with van der Waals surface area (Å²) in [7, 11) is -11.9. The summed E-state index contributed by atoms with van der Waals surface area (Å²) in [6.07, 6.45) is 2.15. The largest absolute Gasteiger partial charge is 0.478 e. The standard InChI is InChI=1S/C17H17NO3.C16H15N3O3S.C16H15NO3.C15H16N2O6S2/c1-12-11-14(8-9-15(12)17(20)21)18-16(19)10-7-13-5-3-2-4-6-13;1-12-2-8-15(9-3-12)23(21,22)18-11-16(20)19-14-6-4-13(10-17)5-7-14;18-15(11-6-12-4-2-1-3-5-12)17-14-9-7-13(8-10-14)16(19)20;1-11-2-6-13(7-3-11)24(19,20)16-10-15(18)17-12-4-8-14(9-5-12)25(21,22)23/h2-6,8-9,11H,7,10H2,1H3,(H,18,19)(H,20,21);2-9,18H,11H2,1H3,(H,19,20);1-5,7-10H,6,11H2,(H,17,18)(H,19,20);2-9,16H,10H2,1H3,(H,17,18)(H,21,22,23). The molecular weight excluding hydrogens is 1200 g/mol. The van der Waals surface area contributed by atoms with Crippen molar-refractivity contribution >= 4 is 88.5 Å². The maximum absolute atomic E-state index is 12.1. The van der Waals surface area contributed by atoms with Crippen LogP contribution >= 0.6 is 0 Å². The molecule has 8 aromatic carbocycles. The molecule has 8 rings (SSSR count). The van der Waals surface area contributed by atoms with Crippen molar-refractivity contribution in [2.45, 2.75) is 61.1 Å². The van der Waals surface area contributed by atoms with Crippen molar-refractivity contribution in [1.82, 2.24) is 9.44 Å². The Morgan fingerprint density at radius 2 is 0.787 bits per heavy atom. The second kappa shape index (κ2) is 33.6. The van der Waals surface area contributed by atoms with Gasteiger partial charge in [0.1, 0.15) is 0 Å². The summed E-state index contributed by atoms with van der Waals surface area (Å²) < 4.78 is 83.4. The van der Waals surface area contributed by atoms with Gasteiger partial charge in [0, 0.05) is 35.6 Å². The topological polar surface area (TPSA) is 361 Å². The molecule has 0 unspecified atom stereocenters. The fraction of sp³-hybridized carbons (Fsp3) is 0.141. The highest BCUT2D eigenvalue weighted by Crippen LogP contribution is 2.18. The van der Waals surface area contributed by atoms with Gasteiger partial charge in [0.15, 0.2) is 0 Å². The number of carboxylic acid groups (broad SMARTS) is 2. The molecule has 0 spiro atoms. The molecule has 0 radical (unpaired) electrons. The number of hydrogen-bond donors (Lipinski definition) is 9. The maximum atomic E-state index is 12.1. The molecule has 0 bridgehead atoms. The highest BCUT2D eigenvalue weighted by molar-refractivity contribution is 7.89. The molecular formula is C64H63N7O15S3. The molecule has 0 aliphatic heterocycles. The number of amides is 4. The lowest BCUT2D eigenvalue weighted by atomic mass is 10.1. The van der Waals surface area contributed by atoms with Crippen molar-refractivity contribution in [3.63, 3.8) is 0 Å². The molecule has 9 N–H and O–H groups in total. The van der Waals surface area contributed by atoms with Crippen molar-refractivity contribution < 1.29 is 68.8 Å². The molecule has 25 heteroatoms. The molecule has 462 valence electrons. The molecule has 0 saturated heterocycles. The summed E-state index contributed by atoms with van der Waals surface area (Å²) in [5, 5.41) is 36.9. The fourth-order valence-corrected chi connectivity index (χ4v) is 10.0. The predicted octanol–water partition coefficient (Wildman–Crippen LogP) is 9.16. The van der Waals surface area contributed by atoms with E-state index in [2.05, 4.69) is 30.7 Å². The van der Waals surface area contributed by atoms with Gasteiger partial charge < -0.3 is 31.5 Å². The number of benzene rings is 8.